The highest BCUT2D eigenvalue weighted by Gasteiger charge is 2.45. The van der Waals surface area contributed by atoms with E-state index in [2.05, 4.69) is 350 Å². The Morgan fingerprint density at radius 1 is 0.212 bits per heavy atom. The summed E-state index contributed by atoms with van der Waals surface area (Å²) in [6.45, 7) is 88.8. The Labute approximate surface area is 536 Å². The molecular weight excluding hydrogens is 1230 g/mol. The van der Waals surface area contributed by atoms with E-state index in [1.165, 1.54) is 67.9 Å². The Morgan fingerprint density at radius 2 is 0.329 bits per heavy atom. The van der Waals surface area contributed by atoms with Gasteiger partial charge in [0.15, 0.2) is 32.9 Å². The molecule has 0 aliphatic carbocycles. The molecule has 0 unspecified atom stereocenters. The molecule has 0 radical (unpaired) electrons. The molecule has 0 aromatic heterocycles. The second kappa shape index (κ2) is 25.6. The van der Waals surface area contributed by atoms with Gasteiger partial charge in [-0.2, -0.15) is 0 Å². The van der Waals surface area contributed by atoms with E-state index >= 15 is 0 Å². The summed E-state index contributed by atoms with van der Waals surface area (Å²) in [4.78, 5) is 0. The average molecular weight is 1350 g/mol. The number of nitrogens with zero attached hydrogens (tertiary/aromatic N) is 8. The van der Waals surface area contributed by atoms with Gasteiger partial charge in [0, 0.05) is 22.3 Å². The molecule has 4 aromatic carbocycles. The minimum absolute atomic E-state index is 0.755. The maximum absolute atomic E-state index is 5.81. The highest BCUT2D eigenvalue weighted by atomic mass is 28.4. The van der Waals surface area contributed by atoms with Crippen LogP contribution < -0.4 is 0 Å². The molecule has 8 nitrogen and oxygen atoms in total. The highest BCUT2D eigenvalue weighted by Crippen LogP contribution is 2.47. The third-order valence-corrected chi connectivity index (χ3v) is 46.3. The van der Waals surface area contributed by atoms with Crippen molar-refractivity contribution in [3.63, 3.8) is 0 Å². The van der Waals surface area contributed by atoms with Gasteiger partial charge >= 0.3 is 0 Å². The molecule has 0 heterocycles. The Hall–Kier alpha value is -2.64. The van der Waals surface area contributed by atoms with Gasteiger partial charge in [0.05, 0.1) is 5.41 Å². The number of rotatable bonds is 20. The molecule has 0 atom stereocenters. The van der Waals surface area contributed by atoms with E-state index in [0.29, 0.717) is 0 Å². The van der Waals surface area contributed by atoms with E-state index in [4.69, 9.17) is 18.6 Å². The normalized spacial score (nSPS) is 15.1. The third-order valence-electron chi connectivity index (χ3n) is 14.3. The van der Waals surface area contributed by atoms with Crippen LogP contribution in [0.4, 0.5) is 0 Å². The van der Waals surface area contributed by atoms with Crippen molar-refractivity contribution < 1.29 is 0 Å². The average Bonchev–Trinajstić information content (AvgIpc) is 0.845. The molecule has 0 saturated heterocycles. The van der Waals surface area contributed by atoms with Gasteiger partial charge < -0.3 is 35.6 Å². The van der Waals surface area contributed by atoms with Gasteiger partial charge in [0.25, 0.3) is 0 Å². The fraction of sp³-hybridized carbons (Fsp3) is 0.569. The van der Waals surface area contributed by atoms with E-state index in [-0.39, 0.29) is 0 Å². The summed E-state index contributed by atoms with van der Waals surface area (Å²) < 4.78 is 34.6. The van der Waals surface area contributed by atoms with Gasteiger partial charge in [-0.1, -0.05) is 254 Å². The summed E-state index contributed by atoms with van der Waals surface area (Å²) in [5.74, 6) is 4.79. The third kappa shape index (κ3) is 19.7. The van der Waals surface area contributed by atoms with Crippen LogP contribution in [0.15, 0.2) is 116 Å². The fourth-order valence-electron chi connectivity index (χ4n) is 13.3. The van der Waals surface area contributed by atoms with E-state index in [1.807, 2.05) is 0 Å². The Bertz CT molecular complexity index is 2560. The smallest absolute Gasteiger partial charge is 0.174 e. The van der Waals surface area contributed by atoms with Crippen LogP contribution in [0.5, 0.6) is 0 Å². The summed E-state index contributed by atoms with van der Waals surface area (Å²) in [6, 6.07) is 39.2. The molecule has 472 valence electrons. The Kier molecular flexibility index (Phi) is 22.5. The molecule has 0 fully saturated rings. The molecule has 0 amide bonds. The number of hydrogen-bond acceptors (Lipinski definition) is 4. The predicted molar refractivity (Wildman–Crippen MR) is 418 cm³/mol. The van der Waals surface area contributed by atoms with Crippen LogP contribution in [0.3, 0.4) is 0 Å². The van der Waals surface area contributed by atoms with Crippen molar-refractivity contribution in [3.05, 3.63) is 142 Å². The maximum atomic E-state index is 5.81. The Balaban J connectivity index is 2.43. The van der Waals surface area contributed by atoms with Crippen LogP contribution in [0, 0.1) is 0 Å². The van der Waals surface area contributed by atoms with Crippen LogP contribution in [0.25, 0.3) is 0 Å². The predicted octanol–water partition coefficient (Wildman–Crippen LogP) is 20.3. The van der Waals surface area contributed by atoms with Gasteiger partial charge in [-0.3, -0.25) is 0 Å². The standard InChI is InChI=1S/C65H124N8Si12/c1-74(2,3)66-61(70(78(13,14)15)79(16,17)18)53-37-45-57(46-38-53)65(58-47-39-54(40-48-58)62(67-75(4,5)6)71(80(19,20)21)81(22,23)24,59-49-41-55(42-50-59)63(68-76(7,8)9)72(82(25,26)27)83(28,29)30)60-51-43-56(44-52-60)64(69-77(10,11)12)73(84(31,32)33)85(34,35)36/h37-52H,1-36H3/b66-61+,67-62+,68-63+,69-64+. The lowest BCUT2D eigenvalue weighted by Crippen LogP contribution is -2.62. The SMILES string of the molecule is C[Si](C)(C)/N=C(\c1ccc(C(c2ccc(/C(=N\[Si](C)(C)C)N([Si](C)(C)C)[Si](C)(C)C)cc2)(c2ccc(/C(=N\[Si](C)(C)C)N([Si](C)(C)C)[Si](C)(C)C)cc2)c2ccc(/C(=N\[Si](C)(C)C)N([Si](C)(C)C)[Si](C)(C)C)cc2)cc1)N([Si](C)(C)C)[Si](C)(C)C. The monoisotopic (exact) mass is 1350 g/mol. The van der Waals surface area contributed by atoms with Gasteiger partial charge in [-0.25, -0.2) is 0 Å². The van der Waals surface area contributed by atoms with Crippen LogP contribution in [0.2, 0.25) is 236 Å². The minimum Gasteiger partial charge on any atom is -0.410 e. The molecule has 4 rings (SSSR count). The number of benzene rings is 4. The topological polar surface area (TPSA) is 62.4 Å². The molecular formula is C65H124N8Si12. The Morgan fingerprint density at radius 3 is 0.424 bits per heavy atom. The zero-order valence-electron chi connectivity index (χ0n) is 61.3. The van der Waals surface area contributed by atoms with Crippen molar-refractivity contribution in [2.75, 3.05) is 0 Å². The van der Waals surface area contributed by atoms with Crippen molar-refractivity contribution in [2.24, 2.45) is 18.6 Å². The molecule has 0 bridgehead atoms. The fourth-order valence-corrected chi connectivity index (χ4v) is 56.3. The van der Waals surface area contributed by atoms with Gasteiger partial charge in [-0.05, 0) is 101 Å². The van der Waals surface area contributed by atoms with Crippen LogP contribution in [-0.4, -0.2) is 139 Å². The molecule has 0 N–H and O–H groups in total. The molecule has 0 aliphatic heterocycles. The van der Waals surface area contributed by atoms with Crippen LogP contribution in [-0.2, 0) is 5.41 Å². The van der Waals surface area contributed by atoms with Crippen molar-refractivity contribution in [1.29, 1.82) is 0 Å². The van der Waals surface area contributed by atoms with Crippen molar-refractivity contribution in [1.82, 2.24) is 16.9 Å². The van der Waals surface area contributed by atoms with Crippen LogP contribution in [0.1, 0.15) is 44.5 Å². The summed E-state index contributed by atoms with van der Waals surface area (Å²) in [7, 11) is -22.9. The van der Waals surface area contributed by atoms with E-state index in [0.717, 1.165) is 0 Å². The quantitative estimate of drug-likeness (QED) is 0.0383. The second-order valence-corrected chi connectivity index (χ2v) is 94.6. The molecule has 0 aliphatic rings. The second-order valence-electron chi connectivity index (χ2n) is 36.2. The van der Waals surface area contributed by atoms with Crippen molar-refractivity contribution in [2.45, 2.75) is 241 Å². The first-order valence-corrected chi connectivity index (χ1v) is 73.1. The first kappa shape index (κ1) is 74.8. The lowest BCUT2D eigenvalue weighted by molar-refractivity contribution is 0.744. The lowest BCUT2D eigenvalue weighted by atomic mass is 9.64. The first-order chi connectivity index (χ1) is 37.7. The molecule has 85 heavy (non-hydrogen) atoms. The van der Waals surface area contributed by atoms with Gasteiger partial charge in [0.1, 0.15) is 89.2 Å². The zero-order chi connectivity index (χ0) is 65.9. The van der Waals surface area contributed by atoms with E-state index in [1.54, 1.807) is 0 Å². The maximum Gasteiger partial charge on any atom is 0.174 e. The van der Waals surface area contributed by atoms with Crippen molar-refractivity contribution >= 4 is 122 Å². The van der Waals surface area contributed by atoms with Gasteiger partial charge in [0.2, 0.25) is 0 Å². The summed E-state index contributed by atoms with van der Waals surface area (Å²) in [5.41, 5.74) is 9.03. The molecule has 4 aromatic rings. The van der Waals surface area contributed by atoms with E-state index in [9.17, 15) is 0 Å². The number of hydrogen-bond donors (Lipinski definition) is 0. The number of amidine groups is 4. The zero-order valence-corrected chi connectivity index (χ0v) is 73.3. The lowest BCUT2D eigenvalue weighted by Gasteiger charge is -2.47. The first-order valence-electron chi connectivity index (χ1n) is 31.8. The van der Waals surface area contributed by atoms with Gasteiger partial charge in [-0.15, -0.1) is 0 Å². The summed E-state index contributed by atoms with van der Waals surface area (Å²) >= 11 is 0. The molecule has 0 spiro atoms. The largest absolute Gasteiger partial charge is 0.410 e. The van der Waals surface area contributed by atoms with Crippen LogP contribution >= 0.6 is 0 Å². The summed E-state index contributed by atoms with van der Waals surface area (Å²) in [6.07, 6.45) is 0. The highest BCUT2D eigenvalue weighted by molar-refractivity contribution is 6.96. The van der Waals surface area contributed by atoms with E-state index < -0.39 is 104 Å². The van der Waals surface area contributed by atoms with Crippen molar-refractivity contribution in [3.8, 4) is 0 Å². The minimum atomic E-state index is -1.94. The molecule has 0 saturated carbocycles. The molecule has 20 heteroatoms. The summed E-state index contributed by atoms with van der Waals surface area (Å²) in [5, 5.41) is 0.